The van der Waals surface area contributed by atoms with Crippen molar-refractivity contribution >= 4 is 11.2 Å². The quantitative estimate of drug-likeness (QED) is 0.688. The average molecular weight is 161 g/mol. The van der Waals surface area contributed by atoms with E-state index in [1.54, 1.807) is 0 Å². The van der Waals surface area contributed by atoms with Crippen LogP contribution in [0.5, 0.6) is 0 Å². The van der Waals surface area contributed by atoms with E-state index in [1.165, 1.54) is 0 Å². The van der Waals surface area contributed by atoms with Crippen LogP contribution >= 0.6 is 0 Å². The molecule has 0 saturated heterocycles. The first-order valence-corrected chi connectivity index (χ1v) is 4.02. The molecule has 0 radical (unpaired) electrons. The minimum atomic E-state index is 0.782. The highest BCUT2D eigenvalue weighted by molar-refractivity contribution is 5.55. The summed E-state index contributed by atoms with van der Waals surface area (Å²) >= 11 is 0. The number of aromatic nitrogens is 2. The first-order chi connectivity index (χ1) is 5.81. The zero-order chi connectivity index (χ0) is 8.55. The highest BCUT2D eigenvalue weighted by Gasteiger charge is 1.99. The van der Waals surface area contributed by atoms with Gasteiger partial charge in [-0.05, 0) is 12.1 Å². The molecule has 0 spiro atoms. The van der Waals surface area contributed by atoms with Crippen LogP contribution in [0.15, 0.2) is 24.5 Å². The van der Waals surface area contributed by atoms with Crippen LogP contribution in [0.25, 0.3) is 5.52 Å². The number of fused-ring (bicyclic) bond motifs is 1. The number of hydrogen-bond acceptors (Lipinski definition) is 2. The van der Waals surface area contributed by atoms with Crippen LogP contribution in [-0.4, -0.2) is 9.38 Å². The molecule has 2 rings (SSSR count). The van der Waals surface area contributed by atoms with E-state index in [0.717, 1.165) is 23.4 Å². The monoisotopic (exact) mass is 161 g/mol. The summed E-state index contributed by atoms with van der Waals surface area (Å²) in [6, 6.07) is 3.81. The molecule has 2 N–H and O–H groups in total. The van der Waals surface area contributed by atoms with Crippen LogP contribution in [0, 0.1) is 0 Å². The van der Waals surface area contributed by atoms with Crippen molar-refractivity contribution < 1.29 is 0 Å². The second kappa shape index (κ2) is 2.52. The fraction of sp³-hybridized carbons (Fsp3) is 0.222. The standard InChI is InChI=1S/C9H11N3/c1-2-9-11-6-8-5-7(10)3-4-12(8)9/h3-6H,2,10H2,1H3. The summed E-state index contributed by atoms with van der Waals surface area (Å²) in [5.41, 5.74) is 7.48. The summed E-state index contributed by atoms with van der Waals surface area (Å²) in [6.45, 7) is 2.09. The minimum Gasteiger partial charge on any atom is -0.399 e. The van der Waals surface area contributed by atoms with Gasteiger partial charge in [-0.15, -0.1) is 0 Å². The zero-order valence-electron chi connectivity index (χ0n) is 6.99. The molecule has 0 bridgehead atoms. The van der Waals surface area contributed by atoms with Gasteiger partial charge < -0.3 is 10.1 Å². The Balaban J connectivity index is 2.73. The first kappa shape index (κ1) is 7.16. The van der Waals surface area contributed by atoms with Gasteiger partial charge in [0.15, 0.2) is 0 Å². The summed E-state index contributed by atoms with van der Waals surface area (Å²) < 4.78 is 2.05. The van der Waals surface area contributed by atoms with Crippen LogP contribution in [0.3, 0.4) is 0 Å². The van der Waals surface area contributed by atoms with Gasteiger partial charge in [0.1, 0.15) is 5.82 Å². The largest absolute Gasteiger partial charge is 0.399 e. The van der Waals surface area contributed by atoms with E-state index in [1.807, 2.05) is 24.5 Å². The molecule has 0 saturated carbocycles. The number of nitrogens with zero attached hydrogens (tertiary/aromatic N) is 2. The Morgan fingerprint density at radius 1 is 1.58 bits per heavy atom. The highest BCUT2D eigenvalue weighted by Crippen LogP contribution is 2.10. The maximum Gasteiger partial charge on any atom is 0.112 e. The molecule has 0 aliphatic rings. The molecule has 2 aromatic rings. The molecular weight excluding hydrogens is 150 g/mol. The van der Waals surface area contributed by atoms with E-state index in [2.05, 4.69) is 16.3 Å². The maximum absolute atomic E-state index is 5.63. The van der Waals surface area contributed by atoms with Gasteiger partial charge in [-0.2, -0.15) is 0 Å². The van der Waals surface area contributed by atoms with Gasteiger partial charge in [0.25, 0.3) is 0 Å². The zero-order valence-corrected chi connectivity index (χ0v) is 6.99. The van der Waals surface area contributed by atoms with Crippen molar-refractivity contribution in [2.24, 2.45) is 0 Å². The topological polar surface area (TPSA) is 43.3 Å². The van der Waals surface area contributed by atoms with Crippen LogP contribution in [0.2, 0.25) is 0 Å². The van der Waals surface area contributed by atoms with Gasteiger partial charge in [0.2, 0.25) is 0 Å². The molecule has 62 valence electrons. The molecule has 12 heavy (non-hydrogen) atoms. The van der Waals surface area contributed by atoms with Crippen molar-refractivity contribution in [1.82, 2.24) is 9.38 Å². The van der Waals surface area contributed by atoms with Crippen molar-refractivity contribution in [3.63, 3.8) is 0 Å². The van der Waals surface area contributed by atoms with Crippen LogP contribution in [0.1, 0.15) is 12.7 Å². The number of nitrogen functional groups attached to an aromatic ring is 1. The first-order valence-electron chi connectivity index (χ1n) is 4.02. The fourth-order valence-electron chi connectivity index (χ4n) is 1.33. The predicted octanol–water partition coefficient (Wildman–Crippen LogP) is 1.48. The fourth-order valence-corrected chi connectivity index (χ4v) is 1.33. The molecule has 0 aliphatic heterocycles. The lowest BCUT2D eigenvalue weighted by Crippen LogP contribution is -1.93. The van der Waals surface area contributed by atoms with E-state index < -0.39 is 0 Å². The number of imidazole rings is 1. The molecule has 0 fully saturated rings. The molecule has 3 heteroatoms. The van der Waals surface area contributed by atoms with E-state index in [9.17, 15) is 0 Å². The van der Waals surface area contributed by atoms with Gasteiger partial charge in [-0.3, -0.25) is 0 Å². The second-order valence-corrected chi connectivity index (χ2v) is 2.78. The van der Waals surface area contributed by atoms with E-state index in [-0.39, 0.29) is 0 Å². The van der Waals surface area contributed by atoms with Gasteiger partial charge in [0, 0.05) is 18.3 Å². The lowest BCUT2D eigenvalue weighted by molar-refractivity contribution is 0.934. The van der Waals surface area contributed by atoms with Crippen molar-refractivity contribution in [3.05, 3.63) is 30.4 Å². The Kier molecular flexibility index (Phi) is 1.50. The van der Waals surface area contributed by atoms with E-state index in [0.29, 0.717) is 0 Å². The van der Waals surface area contributed by atoms with Crippen molar-refractivity contribution in [1.29, 1.82) is 0 Å². The Labute approximate surface area is 70.8 Å². The average Bonchev–Trinajstić information content (AvgIpc) is 2.46. The number of pyridine rings is 1. The molecule has 0 aromatic carbocycles. The summed E-state index contributed by atoms with van der Waals surface area (Å²) in [4.78, 5) is 4.26. The smallest absolute Gasteiger partial charge is 0.112 e. The number of aryl methyl sites for hydroxylation is 1. The van der Waals surface area contributed by atoms with Gasteiger partial charge in [0.05, 0.1) is 11.7 Å². The lowest BCUT2D eigenvalue weighted by atomic mass is 10.3. The minimum absolute atomic E-state index is 0.782. The molecule has 0 amide bonds. The Morgan fingerprint density at radius 3 is 3.17 bits per heavy atom. The van der Waals surface area contributed by atoms with Crippen LogP contribution in [0.4, 0.5) is 5.69 Å². The number of nitrogens with two attached hydrogens (primary N) is 1. The van der Waals surface area contributed by atoms with E-state index in [4.69, 9.17) is 5.73 Å². The molecule has 2 heterocycles. The van der Waals surface area contributed by atoms with Gasteiger partial charge in [-0.1, -0.05) is 6.92 Å². The van der Waals surface area contributed by atoms with Gasteiger partial charge in [-0.25, -0.2) is 4.98 Å². The van der Waals surface area contributed by atoms with Crippen molar-refractivity contribution in [2.75, 3.05) is 5.73 Å². The summed E-state index contributed by atoms with van der Waals surface area (Å²) in [5, 5.41) is 0. The van der Waals surface area contributed by atoms with Crippen molar-refractivity contribution in [2.45, 2.75) is 13.3 Å². The number of hydrogen-bond donors (Lipinski definition) is 1. The van der Waals surface area contributed by atoms with Gasteiger partial charge >= 0.3 is 0 Å². The van der Waals surface area contributed by atoms with Crippen LogP contribution < -0.4 is 5.73 Å². The summed E-state index contributed by atoms with van der Waals surface area (Å²) in [6.07, 6.45) is 4.74. The summed E-state index contributed by atoms with van der Waals surface area (Å²) in [5.74, 6) is 1.07. The van der Waals surface area contributed by atoms with Crippen LogP contribution in [-0.2, 0) is 6.42 Å². The molecule has 3 nitrogen and oxygen atoms in total. The Bertz CT molecular complexity index is 403. The highest BCUT2D eigenvalue weighted by atomic mass is 15.0. The summed E-state index contributed by atoms with van der Waals surface area (Å²) in [7, 11) is 0. The van der Waals surface area contributed by atoms with E-state index >= 15 is 0 Å². The van der Waals surface area contributed by atoms with Crippen molar-refractivity contribution in [3.8, 4) is 0 Å². The predicted molar refractivity (Wildman–Crippen MR) is 49.0 cm³/mol. The lowest BCUT2D eigenvalue weighted by Gasteiger charge is -1.98. The molecule has 0 unspecified atom stereocenters. The third kappa shape index (κ3) is 0.942. The molecule has 2 aromatic heterocycles. The number of rotatable bonds is 1. The maximum atomic E-state index is 5.63. The Morgan fingerprint density at radius 2 is 2.42 bits per heavy atom. The Hall–Kier alpha value is -1.51. The SMILES string of the molecule is CCc1ncc2cc(N)ccn12. The second-order valence-electron chi connectivity index (χ2n) is 2.78. The molecule has 0 aliphatic carbocycles. The molecule has 0 atom stereocenters. The number of anilines is 1. The normalized spacial score (nSPS) is 10.8. The third-order valence-corrected chi connectivity index (χ3v) is 1.95. The molecular formula is C9H11N3. The third-order valence-electron chi connectivity index (χ3n) is 1.95.